The van der Waals surface area contributed by atoms with Gasteiger partial charge in [0.05, 0.1) is 22.2 Å². The largest absolute Gasteiger partial charge is 0.391 e. The molecule has 2 aromatic carbocycles. The van der Waals surface area contributed by atoms with Crippen molar-refractivity contribution in [2.24, 2.45) is 5.41 Å². The maximum atomic E-state index is 13.7. The Morgan fingerprint density at radius 1 is 1.07 bits per heavy atom. The molecular weight excluding hydrogens is 524 g/mol. The molecule has 40 heavy (non-hydrogen) atoms. The third-order valence-electron chi connectivity index (χ3n) is 7.19. The summed E-state index contributed by atoms with van der Waals surface area (Å²) < 4.78 is 0. The summed E-state index contributed by atoms with van der Waals surface area (Å²) in [7, 11) is 0. The van der Waals surface area contributed by atoms with E-state index in [2.05, 4.69) is 15.6 Å². The third-order valence-corrected chi connectivity index (χ3v) is 8.17. The van der Waals surface area contributed by atoms with E-state index >= 15 is 0 Å². The number of thiazole rings is 1. The van der Waals surface area contributed by atoms with Crippen LogP contribution in [0.2, 0.25) is 0 Å². The van der Waals surface area contributed by atoms with Crippen molar-refractivity contribution in [3.05, 3.63) is 76.9 Å². The van der Waals surface area contributed by atoms with Crippen molar-refractivity contribution in [1.29, 1.82) is 0 Å². The molecular formula is C31H38N4O4S. The van der Waals surface area contributed by atoms with Crippen LogP contribution in [0.15, 0.2) is 60.1 Å². The second kappa shape index (κ2) is 12.7. The van der Waals surface area contributed by atoms with Gasteiger partial charge in [-0.25, -0.2) is 4.98 Å². The molecule has 8 nitrogen and oxygen atoms in total. The van der Waals surface area contributed by atoms with Gasteiger partial charge in [0.2, 0.25) is 17.7 Å². The maximum absolute atomic E-state index is 13.7. The lowest BCUT2D eigenvalue weighted by Gasteiger charge is -2.35. The maximum Gasteiger partial charge on any atom is 0.246 e. The number of nitrogens with one attached hydrogen (secondary N) is 2. The summed E-state index contributed by atoms with van der Waals surface area (Å²) in [4.78, 5) is 46.6. The quantitative estimate of drug-likeness (QED) is 0.367. The minimum absolute atomic E-state index is 0.0479. The van der Waals surface area contributed by atoms with Crippen molar-refractivity contribution in [2.45, 2.75) is 71.7 Å². The normalized spacial score (nSPS) is 17.9. The average molecular weight is 563 g/mol. The summed E-state index contributed by atoms with van der Waals surface area (Å²) in [6.45, 7) is 7.97. The van der Waals surface area contributed by atoms with Gasteiger partial charge in [0, 0.05) is 25.9 Å². The average Bonchev–Trinajstić information content (AvgIpc) is 3.54. The Morgan fingerprint density at radius 2 is 1.77 bits per heavy atom. The Bertz CT molecular complexity index is 1320. The van der Waals surface area contributed by atoms with Crippen molar-refractivity contribution in [2.75, 3.05) is 6.54 Å². The number of amides is 3. The number of aliphatic hydroxyl groups excluding tert-OH is 1. The van der Waals surface area contributed by atoms with E-state index in [1.807, 2.05) is 87.8 Å². The van der Waals surface area contributed by atoms with Crippen LogP contribution in [0.4, 0.5) is 0 Å². The molecule has 1 fully saturated rings. The van der Waals surface area contributed by atoms with Crippen LogP contribution in [0.3, 0.4) is 0 Å². The molecule has 1 aromatic heterocycles. The fourth-order valence-corrected chi connectivity index (χ4v) is 5.73. The van der Waals surface area contributed by atoms with Crippen molar-refractivity contribution < 1.29 is 19.5 Å². The number of aliphatic hydroxyl groups is 1. The molecule has 1 aliphatic rings. The SMILES string of the molecule is Cc1ncsc1-c1ccc(CNC(=O)[C@@H]2C[C@@H](O)CN2C(=O)C(NC(=O)CCc2ccccc2)C(C)(C)C)cc1. The topological polar surface area (TPSA) is 112 Å². The number of nitrogens with zero attached hydrogens (tertiary/aromatic N) is 2. The first-order valence-corrected chi connectivity index (χ1v) is 14.5. The van der Waals surface area contributed by atoms with Crippen LogP contribution in [0, 0.1) is 12.3 Å². The third kappa shape index (κ3) is 7.34. The van der Waals surface area contributed by atoms with Gasteiger partial charge >= 0.3 is 0 Å². The molecule has 0 aliphatic carbocycles. The highest BCUT2D eigenvalue weighted by Gasteiger charge is 2.44. The fraction of sp³-hybridized carbons (Fsp3) is 0.419. The predicted molar refractivity (Wildman–Crippen MR) is 156 cm³/mol. The van der Waals surface area contributed by atoms with E-state index in [-0.39, 0.29) is 37.1 Å². The molecule has 0 saturated carbocycles. The summed E-state index contributed by atoms with van der Waals surface area (Å²) in [5.74, 6) is -0.910. The number of hydrogen-bond acceptors (Lipinski definition) is 6. The molecule has 3 aromatic rings. The fourth-order valence-electron chi connectivity index (χ4n) is 4.92. The first-order valence-electron chi connectivity index (χ1n) is 13.6. The van der Waals surface area contributed by atoms with Crippen molar-refractivity contribution >= 4 is 29.1 Å². The molecule has 212 valence electrons. The van der Waals surface area contributed by atoms with E-state index in [9.17, 15) is 19.5 Å². The Labute approximate surface area is 239 Å². The molecule has 1 saturated heterocycles. The molecule has 1 unspecified atom stereocenters. The lowest BCUT2D eigenvalue weighted by atomic mass is 9.85. The minimum atomic E-state index is -0.834. The van der Waals surface area contributed by atoms with Gasteiger partial charge in [-0.15, -0.1) is 11.3 Å². The predicted octanol–water partition coefficient (Wildman–Crippen LogP) is 3.86. The highest BCUT2D eigenvalue weighted by molar-refractivity contribution is 7.13. The second-order valence-corrected chi connectivity index (χ2v) is 12.3. The van der Waals surface area contributed by atoms with Crippen molar-refractivity contribution in [1.82, 2.24) is 20.5 Å². The van der Waals surface area contributed by atoms with Gasteiger partial charge in [0.25, 0.3) is 0 Å². The molecule has 3 amide bonds. The molecule has 9 heteroatoms. The molecule has 3 N–H and O–H groups in total. The zero-order chi connectivity index (χ0) is 28.9. The van der Waals surface area contributed by atoms with Crippen LogP contribution in [-0.2, 0) is 27.3 Å². The smallest absolute Gasteiger partial charge is 0.246 e. The number of aromatic nitrogens is 1. The zero-order valence-corrected chi connectivity index (χ0v) is 24.3. The van der Waals surface area contributed by atoms with E-state index in [1.165, 1.54) is 4.90 Å². The van der Waals surface area contributed by atoms with Gasteiger partial charge in [-0.05, 0) is 35.4 Å². The molecule has 0 spiro atoms. The van der Waals surface area contributed by atoms with E-state index in [0.29, 0.717) is 13.0 Å². The van der Waals surface area contributed by atoms with Crippen LogP contribution in [0.1, 0.15) is 50.4 Å². The Balaban J connectivity index is 1.38. The van der Waals surface area contributed by atoms with Gasteiger partial charge in [-0.3, -0.25) is 14.4 Å². The highest BCUT2D eigenvalue weighted by Crippen LogP contribution is 2.28. The Kier molecular flexibility index (Phi) is 9.37. The van der Waals surface area contributed by atoms with Crippen LogP contribution < -0.4 is 10.6 Å². The first-order chi connectivity index (χ1) is 19.0. The zero-order valence-electron chi connectivity index (χ0n) is 23.5. The van der Waals surface area contributed by atoms with Crippen LogP contribution in [0.5, 0.6) is 0 Å². The van der Waals surface area contributed by atoms with E-state index in [1.54, 1.807) is 11.3 Å². The lowest BCUT2D eigenvalue weighted by Crippen LogP contribution is -2.57. The number of β-amino-alcohol motifs (C(OH)–C–C–N with tert-alkyl or cyclic N) is 1. The van der Waals surface area contributed by atoms with Gasteiger partial charge in [-0.1, -0.05) is 75.4 Å². The van der Waals surface area contributed by atoms with Crippen molar-refractivity contribution in [3.8, 4) is 10.4 Å². The van der Waals surface area contributed by atoms with Crippen LogP contribution in [0.25, 0.3) is 10.4 Å². The summed E-state index contributed by atoms with van der Waals surface area (Å²) in [5, 5.41) is 16.2. The summed E-state index contributed by atoms with van der Waals surface area (Å²) in [6.07, 6.45) is 0.157. The van der Waals surface area contributed by atoms with Gasteiger partial charge in [-0.2, -0.15) is 0 Å². The molecule has 1 aliphatic heterocycles. The highest BCUT2D eigenvalue weighted by atomic mass is 32.1. The Hall–Kier alpha value is -3.56. The van der Waals surface area contributed by atoms with Crippen LogP contribution >= 0.6 is 11.3 Å². The monoisotopic (exact) mass is 562 g/mol. The molecule has 3 atom stereocenters. The second-order valence-electron chi connectivity index (χ2n) is 11.4. The lowest BCUT2D eigenvalue weighted by molar-refractivity contribution is -0.144. The van der Waals surface area contributed by atoms with Crippen LogP contribution in [-0.4, -0.2) is 57.4 Å². The molecule has 2 heterocycles. The molecule has 0 radical (unpaired) electrons. The van der Waals surface area contributed by atoms with E-state index in [0.717, 1.165) is 27.3 Å². The van der Waals surface area contributed by atoms with E-state index < -0.39 is 23.6 Å². The number of hydrogen-bond donors (Lipinski definition) is 3. The summed E-state index contributed by atoms with van der Waals surface area (Å²) in [5.41, 5.74) is 5.26. The van der Waals surface area contributed by atoms with Gasteiger partial charge in [0.15, 0.2) is 0 Å². The number of carbonyl (C=O) groups is 3. The number of rotatable bonds is 9. The first kappa shape index (κ1) is 29.4. The summed E-state index contributed by atoms with van der Waals surface area (Å²) in [6, 6.07) is 16.0. The molecule has 0 bridgehead atoms. The molecule has 4 rings (SSSR count). The summed E-state index contributed by atoms with van der Waals surface area (Å²) >= 11 is 1.59. The van der Waals surface area contributed by atoms with Gasteiger partial charge in [0.1, 0.15) is 12.1 Å². The van der Waals surface area contributed by atoms with E-state index in [4.69, 9.17) is 0 Å². The van der Waals surface area contributed by atoms with Gasteiger partial charge < -0.3 is 20.6 Å². The number of carbonyl (C=O) groups excluding carboxylic acids is 3. The number of aryl methyl sites for hydroxylation is 2. The minimum Gasteiger partial charge on any atom is -0.391 e. The number of benzene rings is 2. The standard InChI is InChI=1S/C31H38N4O4S/c1-20-27(40-19-33-20)23-13-10-22(11-14-23)17-32-29(38)25-16-24(36)18-35(25)30(39)28(31(2,3)4)34-26(37)15-12-21-8-6-5-7-9-21/h5-11,13-14,19,24-25,28,36H,12,15-18H2,1-4H3,(H,32,38)(H,34,37)/t24-,25+,28?/m1/s1. The Morgan fingerprint density at radius 3 is 2.40 bits per heavy atom. The number of likely N-dealkylation sites (tertiary alicyclic amines) is 1. The van der Waals surface area contributed by atoms with Crippen molar-refractivity contribution in [3.63, 3.8) is 0 Å².